The van der Waals surface area contributed by atoms with E-state index in [1.54, 1.807) is 0 Å². The number of fused-ring (bicyclic) bond motifs is 1. The van der Waals surface area contributed by atoms with Crippen LogP contribution < -0.4 is 10.6 Å². The smallest absolute Gasteiger partial charge is 0.257 e. The van der Waals surface area contributed by atoms with E-state index in [9.17, 15) is 15.0 Å². The van der Waals surface area contributed by atoms with Crippen LogP contribution in [0.5, 0.6) is 0 Å². The third-order valence-corrected chi connectivity index (χ3v) is 5.77. The molecular formula is C21H26N4O3. The van der Waals surface area contributed by atoms with E-state index in [0.717, 1.165) is 32.1 Å². The van der Waals surface area contributed by atoms with E-state index in [4.69, 9.17) is 0 Å². The molecule has 2 aliphatic carbocycles. The summed E-state index contributed by atoms with van der Waals surface area (Å²) in [6.07, 6.45) is 7.08. The van der Waals surface area contributed by atoms with E-state index in [1.165, 1.54) is 23.5 Å². The first-order valence-corrected chi connectivity index (χ1v) is 9.91. The van der Waals surface area contributed by atoms with Crippen LogP contribution in [0.3, 0.4) is 0 Å². The topological polar surface area (TPSA) is 107 Å². The minimum Gasteiger partial charge on any atom is -0.380 e. The van der Waals surface area contributed by atoms with Crippen molar-refractivity contribution in [2.45, 2.75) is 62.8 Å². The average molecular weight is 382 g/mol. The van der Waals surface area contributed by atoms with Crippen LogP contribution in [0.15, 0.2) is 36.7 Å². The molecule has 1 aromatic heterocycles. The number of carbonyl (C=O) groups excluding carboxylic acids is 1. The van der Waals surface area contributed by atoms with Crippen LogP contribution in [0, 0.1) is 0 Å². The highest BCUT2D eigenvalue weighted by atomic mass is 16.3. The Morgan fingerprint density at radius 2 is 1.71 bits per heavy atom. The fraction of sp³-hybridized carbons (Fsp3) is 0.476. The van der Waals surface area contributed by atoms with Crippen LogP contribution in [0.1, 0.15) is 55.2 Å². The number of aliphatic hydroxyl groups is 2. The van der Waals surface area contributed by atoms with Gasteiger partial charge in [-0.1, -0.05) is 43.5 Å². The van der Waals surface area contributed by atoms with Gasteiger partial charge in [-0.15, -0.1) is 0 Å². The van der Waals surface area contributed by atoms with Crippen molar-refractivity contribution in [2.75, 3.05) is 5.32 Å². The molecule has 0 aliphatic heterocycles. The third kappa shape index (κ3) is 3.92. The first-order valence-electron chi connectivity index (χ1n) is 9.91. The molecule has 1 heterocycles. The van der Waals surface area contributed by atoms with Crippen molar-refractivity contribution < 1.29 is 15.0 Å². The maximum absolute atomic E-state index is 12.6. The van der Waals surface area contributed by atoms with Gasteiger partial charge in [0, 0.05) is 18.4 Å². The lowest BCUT2D eigenvalue weighted by Gasteiger charge is -2.30. The summed E-state index contributed by atoms with van der Waals surface area (Å²) in [7, 11) is 0. The Balaban J connectivity index is 1.44. The molecule has 4 N–H and O–H groups in total. The highest BCUT2D eigenvalue weighted by molar-refractivity contribution is 5.96. The Morgan fingerprint density at radius 3 is 2.39 bits per heavy atom. The number of hydrogen-bond donors (Lipinski definition) is 4. The lowest BCUT2D eigenvalue weighted by Crippen LogP contribution is -2.45. The fourth-order valence-corrected chi connectivity index (χ4v) is 4.21. The molecule has 7 nitrogen and oxygen atoms in total. The molecular weight excluding hydrogens is 356 g/mol. The van der Waals surface area contributed by atoms with Crippen molar-refractivity contribution in [3.63, 3.8) is 0 Å². The van der Waals surface area contributed by atoms with Gasteiger partial charge in [0.25, 0.3) is 5.91 Å². The molecule has 2 aromatic rings. The number of aliphatic hydroxyl groups excluding tert-OH is 1. The van der Waals surface area contributed by atoms with Gasteiger partial charge in [-0.2, -0.15) is 0 Å². The number of carbonyl (C=O) groups is 1. The number of nitrogens with one attached hydrogen (secondary N) is 2. The molecule has 1 aromatic carbocycles. The number of anilines is 1. The molecule has 1 atom stereocenters. The molecule has 0 bridgehead atoms. The van der Waals surface area contributed by atoms with Crippen LogP contribution in [0.25, 0.3) is 0 Å². The summed E-state index contributed by atoms with van der Waals surface area (Å²) in [5.41, 5.74) is 1.43. The summed E-state index contributed by atoms with van der Waals surface area (Å²) >= 11 is 0. The molecule has 148 valence electrons. The molecule has 1 fully saturated rings. The molecule has 2 aliphatic rings. The maximum Gasteiger partial charge on any atom is 0.257 e. The second kappa shape index (κ2) is 7.95. The summed E-state index contributed by atoms with van der Waals surface area (Å²) < 4.78 is 0. The van der Waals surface area contributed by atoms with Gasteiger partial charge >= 0.3 is 0 Å². The van der Waals surface area contributed by atoms with Crippen LogP contribution in [0.2, 0.25) is 0 Å². The number of amides is 1. The second-order valence-electron chi connectivity index (χ2n) is 7.78. The van der Waals surface area contributed by atoms with Gasteiger partial charge in [-0.05, 0) is 36.8 Å². The molecule has 1 saturated carbocycles. The van der Waals surface area contributed by atoms with Gasteiger partial charge in [0.1, 0.15) is 11.3 Å². The van der Waals surface area contributed by atoms with Gasteiger partial charge in [-0.3, -0.25) is 15.1 Å². The standard InChI is InChI=1S/C21H26N4O3/c26-19(24-16-12-14-6-2-3-7-15(14)13-16)17-18(23-11-10-22-17)25-20(27)21(28)8-4-1-5-9-21/h2-3,6-7,10-11,16,19,24,26,28H,1,4-5,8-9,12-13H2,(H,23,25,27). The largest absolute Gasteiger partial charge is 0.380 e. The van der Waals surface area contributed by atoms with Crippen molar-refractivity contribution in [3.05, 3.63) is 53.5 Å². The van der Waals surface area contributed by atoms with Crippen molar-refractivity contribution in [2.24, 2.45) is 0 Å². The van der Waals surface area contributed by atoms with E-state index >= 15 is 0 Å². The zero-order valence-corrected chi connectivity index (χ0v) is 15.8. The Bertz CT molecular complexity index is 826. The molecule has 0 spiro atoms. The Labute approximate surface area is 164 Å². The van der Waals surface area contributed by atoms with Crippen LogP contribution in [0.4, 0.5) is 5.82 Å². The summed E-state index contributed by atoms with van der Waals surface area (Å²) in [5.74, 6) is -0.295. The van der Waals surface area contributed by atoms with Crippen LogP contribution in [-0.2, 0) is 17.6 Å². The zero-order chi connectivity index (χ0) is 19.6. The number of benzene rings is 1. The van der Waals surface area contributed by atoms with Crippen molar-refractivity contribution in [3.8, 4) is 0 Å². The monoisotopic (exact) mass is 382 g/mol. The van der Waals surface area contributed by atoms with Gasteiger partial charge in [-0.25, -0.2) is 4.98 Å². The molecule has 1 amide bonds. The van der Waals surface area contributed by atoms with Crippen molar-refractivity contribution in [1.29, 1.82) is 0 Å². The third-order valence-electron chi connectivity index (χ3n) is 5.77. The van der Waals surface area contributed by atoms with Crippen LogP contribution >= 0.6 is 0 Å². The van der Waals surface area contributed by atoms with E-state index in [2.05, 4.69) is 32.7 Å². The summed E-state index contributed by atoms with van der Waals surface area (Å²) in [4.78, 5) is 21.0. The van der Waals surface area contributed by atoms with Crippen molar-refractivity contribution in [1.82, 2.24) is 15.3 Å². The van der Waals surface area contributed by atoms with E-state index in [-0.39, 0.29) is 17.6 Å². The number of nitrogens with zero attached hydrogens (tertiary/aromatic N) is 2. The predicted octanol–water partition coefficient (Wildman–Crippen LogP) is 1.86. The zero-order valence-electron chi connectivity index (χ0n) is 15.8. The molecule has 28 heavy (non-hydrogen) atoms. The minimum absolute atomic E-state index is 0.0838. The quantitative estimate of drug-likeness (QED) is 0.588. The van der Waals surface area contributed by atoms with E-state index in [1.807, 2.05) is 12.1 Å². The Kier molecular flexibility index (Phi) is 5.39. The number of aromatic nitrogens is 2. The Hall–Kier alpha value is -2.35. The normalized spacial score (nSPS) is 19.8. The highest BCUT2D eigenvalue weighted by Crippen LogP contribution is 2.30. The first kappa shape index (κ1) is 19.0. The first-order chi connectivity index (χ1) is 13.5. The summed E-state index contributed by atoms with van der Waals surface area (Å²) in [5, 5.41) is 27.2. The lowest BCUT2D eigenvalue weighted by atomic mass is 9.84. The SMILES string of the molecule is O=C(Nc1nccnc1C(O)NC1Cc2ccccc2C1)C1(O)CCCCC1. The molecule has 0 saturated heterocycles. The van der Waals surface area contributed by atoms with Gasteiger partial charge < -0.3 is 15.5 Å². The van der Waals surface area contributed by atoms with E-state index < -0.39 is 17.7 Å². The molecule has 1 unspecified atom stereocenters. The summed E-state index contributed by atoms with van der Waals surface area (Å²) in [6.45, 7) is 0. The number of hydrogen-bond acceptors (Lipinski definition) is 6. The lowest BCUT2D eigenvalue weighted by molar-refractivity contribution is -0.137. The van der Waals surface area contributed by atoms with Gasteiger partial charge in [0.15, 0.2) is 12.0 Å². The fourth-order valence-electron chi connectivity index (χ4n) is 4.21. The Morgan fingerprint density at radius 1 is 1.07 bits per heavy atom. The second-order valence-corrected chi connectivity index (χ2v) is 7.78. The van der Waals surface area contributed by atoms with E-state index in [0.29, 0.717) is 12.8 Å². The summed E-state index contributed by atoms with van der Waals surface area (Å²) in [6, 6.07) is 8.32. The molecule has 4 rings (SSSR count). The maximum atomic E-state index is 12.6. The molecule has 7 heteroatoms. The minimum atomic E-state index is -1.38. The molecule has 0 radical (unpaired) electrons. The number of rotatable bonds is 5. The van der Waals surface area contributed by atoms with Crippen molar-refractivity contribution >= 4 is 11.7 Å². The predicted molar refractivity (Wildman–Crippen MR) is 104 cm³/mol. The van der Waals surface area contributed by atoms with Gasteiger partial charge in [0.2, 0.25) is 0 Å². The van der Waals surface area contributed by atoms with Crippen LogP contribution in [-0.4, -0.2) is 37.7 Å². The van der Waals surface area contributed by atoms with Gasteiger partial charge in [0.05, 0.1) is 0 Å². The average Bonchev–Trinajstić information content (AvgIpc) is 3.11. The highest BCUT2D eigenvalue weighted by Gasteiger charge is 2.38.